The summed E-state index contributed by atoms with van der Waals surface area (Å²) in [5, 5.41) is 0.768. The molecular formula is C22H19NO3S. The quantitative estimate of drug-likeness (QED) is 0.503. The molecule has 0 amide bonds. The first-order chi connectivity index (χ1) is 13.1. The topological polar surface area (TPSA) is 48.3 Å². The molecule has 1 heterocycles. The van der Waals surface area contributed by atoms with E-state index in [9.17, 15) is 8.42 Å². The van der Waals surface area contributed by atoms with Crippen molar-refractivity contribution in [3.8, 4) is 5.75 Å². The number of hydrogen-bond acceptors (Lipinski definition) is 3. The predicted octanol–water partition coefficient (Wildman–Crippen LogP) is 4.77. The van der Waals surface area contributed by atoms with Gasteiger partial charge in [-0.25, -0.2) is 12.4 Å². The van der Waals surface area contributed by atoms with Crippen LogP contribution in [0.5, 0.6) is 5.75 Å². The van der Waals surface area contributed by atoms with Crippen LogP contribution in [-0.2, 0) is 16.6 Å². The molecule has 0 radical (unpaired) electrons. The molecule has 0 N–H and O–H groups in total. The van der Waals surface area contributed by atoms with Gasteiger partial charge >= 0.3 is 0 Å². The Kier molecular flexibility index (Phi) is 4.46. The average Bonchev–Trinajstić information content (AvgIpc) is 3.07. The maximum absolute atomic E-state index is 13.2. The van der Waals surface area contributed by atoms with Gasteiger partial charge in [-0.2, -0.15) is 0 Å². The molecule has 136 valence electrons. The summed E-state index contributed by atoms with van der Waals surface area (Å²) in [6, 6.07) is 24.0. The van der Waals surface area contributed by atoms with Crippen LogP contribution in [-0.4, -0.2) is 12.4 Å². The molecule has 4 rings (SSSR count). The van der Waals surface area contributed by atoms with Crippen LogP contribution in [0.2, 0.25) is 0 Å². The number of fused-ring (bicyclic) bond motifs is 1. The molecule has 0 saturated carbocycles. The number of para-hydroxylation sites is 1. The van der Waals surface area contributed by atoms with Gasteiger partial charge in [-0.3, -0.25) is 0 Å². The summed E-state index contributed by atoms with van der Waals surface area (Å²) in [5.74, 6) is 0.546. The zero-order valence-corrected chi connectivity index (χ0v) is 15.7. The predicted molar refractivity (Wildman–Crippen MR) is 106 cm³/mol. The smallest absolute Gasteiger partial charge is 0.268 e. The lowest BCUT2D eigenvalue weighted by atomic mass is 10.2. The van der Waals surface area contributed by atoms with E-state index in [-0.39, 0.29) is 4.90 Å². The van der Waals surface area contributed by atoms with Crippen molar-refractivity contribution in [3.63, 3.8) is 0 Å². The third kappa shape index (κ3) is 3.34. The zero-order chi connectivity index (χ0) is 18.9. The van der Waals surface area contributed by atoms with Gasteiger partial charge in [-0.15, -0.1) is 0 Å². The highest BCUT2D eigenvalue weighted by atomic mass is 32.2. The number of nitrogens with zero attached hydrogens (tertiary/aromatic N) is 1. The number of rotatable bonds is 5. The van der Waals surface area contributed by atoms with E-state index in [2.05, 4.69) is 0 Å². The minimum absolute atomic E-state index is 0.253. The number of aromatic nitrogens is 1. The van der Waals surface area contributed by atoms with Gasteiger partial charge in [-0.05, 0) is 36.8 Å². The van der Waals surface area contributed by atoms with Crippen molar-refractivity contribution in [1.82, 2.24) is 3.97 Å². The summed E-state index contributed by atoms with van der Waals surface area (Å²) < 4.78 is 33.6. The number of aryl methyl sites for hydroxylation is 1. The minimum atomic E-state index is -3.71. The van der Waals surface area contributed by atoms with Gasteiger partial charge in [0.05, 0.1) is 16.6 Å². The first kappa shape index (κ1) is 17.4. The van der Waals surface area contributed by atoms with Crippen LogP contribution in [0.4, 0.5) is 0 Å². The Morgan fingerprint density at radius 2 is 1.52 bits per heavy atom. The molecule has 1 aromatic heterocycles. The Morgan fingerprint density at radius 1 is 0.852 bits per heavy atom. The Labute approximate surface area is 158 Å². The molecule has 4 nitrogen and oxygen atoms in total. The van der Waals surface area contributed by atoms with Gasteiger partial charge < -0.3 is 4.74 Å². The Hall–Kier alpha value is -3.05. The van der Waals surface area contributed by atoms with Crippen molar-refractivity contribution in [2.75, 3.05) is 0 Å². The fraction of sp³-hybridized carbons (Fsp3) is 0.0909. The molecule has 0 fully saturated rings. The molecule has 3 aromatic carbocycles. The first-order valence-corrected chi connectivity index (χ1v) is 10.1. The molecular weight excluding hydrogens is 358 g/mol. The van der Waals surface area contributed by atoms with Gasteiger partial charge in [-0.1, -0.05) is 60.2 Å². The molecule has 27 heavy (non-hydrogen) atoms. The van der Waals surface area contributed by atoms with E-state index in [4.69, 9.17) is 4.74 Å². The van der Waals surface area contributed by atoms with Crippen LogP contribution in [0.1, 0.15) is 11.1 Å². The Balaban J connectivity index is 1.76. The molecule has 0 bridgehead atoms. The lowest BCUT2D eigenvalue weighted by molar-refractivity contribution is 0.310. The maximum atomic E-state index is 13.2. The van der Waals surface area contributed by atoms with E-state index in [1.807, 2.05) is 55.5 Å². The molecule has 5 heteroatoms. The van der Waals surface area contributed by atoms with Crippen molar-refractivity contribution < 1.29 is 13.2 Å². The standard InChI is InChI=1S/C22H19NO3S/c1-17-11-13-19(14-12-17)27(24,25)23-15-22(20-9-5-6-10-21(20)23)26-16-18-7-3-2-4-8-18/h2-15H,16H2,1H3. The van der Waals surface area contributed by atoms with E-state index in [0.29, 0.717) is 17.9 Å². The summed E-state index contributed by atoms with van der Waals surface area (Å²) in [6.45, 7) is 2.30. The summed E-state index contributed by atoms with van der Waals surface area (Å²) >= 11 is 0. The summed E-state index contributed by atoms with van der Waals surface area (Å²) in [7, 11) is -3.71. The molecule has 0 atom stereocenters. The van der Waals surface area contributed by atoms with Crippen LogP contribution in [0.3, 0.4) is 0 Å². The van der Waals surface area contributed by atoms with E-state index >= 15 is 0 Å². The fourth-order valence-corrected chi connectivity index (χ4v) is 4.35. The second-order valence-electron chi connectivity index (χ2n) is 6.40. The van der Waals surface area contributed by atoms with Gasteiger partial charge in [0.2, 0.25) is 0 Å². The molecule has 0 aliphatic heterocycles. The zero-order valence-electron chi connectivity index (χ0n) is 14.9. The fourth-order valence-electron chi connectivity index (χ4n) is 2.99. The highest BCUT2D eigenvalue weighted by Crippen LogP contribution is 2.31. The lowest BCUT2D eigenvalue weighted by Crippen LogP contribution is -2.11. The Morgan fingerprint density at radius 3 is 2.26 bits per heavy atom. The van der Waals surface area contributed by atoms with Gasteiger partial charge in [0.15, 0.2) is 0 Å². The number of ether oxygens (including phenoxy) is 1. The van der Waals surface area contributed by atoms with E-state index < -0.39 is 10.0 Å². The number of benzene rings is 3. The maximum Gasteiger partial charge on any atom is 0.268 e. The molecule has 0 aliphatic carbocycles. The molecule has 0 unspecified atom stereocenters. The summed E-state index contributed by atoms with van der Waals surface area (Å²) in [6.07, 6.45) is 1.56. The van der Waals surface area contributed by atoms with Gasteiger partial charge in [0.25, 0.3) is 10.0 Å². The van der Waals surface area contributed by atoms with Gasteiger partial charge in [0, 0.05) is 5.39 Å². The minimum Gasteiger partial charge on any atom is -0.487 e. The second kappa shape index (κ2) is 6.93. The van der Waals surface area contributed by atoms with Gasteiger partial charge in [0.1, 0.15) is 12.4 Å². The third-order valence-corrected chi connectivity index (χ3v) is 6.14. The van der Waals surface area contributed by atoms with Crippen LogP contribution >= 0.6 is 0 Å². The molecule has 0 saturated heterocycles. The van der Waals surface area contributed by atoms with Crippen LogP contribution in [0.25, 0.3) is 10.9 Å². The van der Waals surface area contributed by atoms with Crippen LogP contribution in [0.15, 0.2) is 90.0 Å². The Bertz CT molecular complexity index is 1180. The first-order valence-electron chi connectivity index (χ1n) is 8.65. The normalized spacial score (nSPS) is 11.6. The number of hydrogen-bond donors (Lipinski definition) is 0. The highest BCUT2D eigenvalue weighted by molar-refractivity contribution is 7.90. The van der Waals surface area contributed by atoms with Crippen molar-refractivity contribution in [2.24, 2.45) is 0 Å². The summed E-state index contributed by atoms with van der Waals surface area (Å²) in [5.41, 5.74) is 2.63. The van der Waals surface area contributed by atoms with E-state index in [1.54, 1.807) is 36.5 Å². The van der Waals surface area contributed by atoms with Crippen molar-refractivity contribution in [1.29, 1.82) is 0 Å². The molecule has 0 aliphatic rings. The van der Waals surface area contributed by atoms with Crippen molar-refractivity contribution in [2.45, 2.75) is 18.4 Å². The monoisotopic (exact) mass is 377 g/mol. The second-order valence-corrected chi connectivity index (χ2v) is 8.21. The van der Waals surface area contributed by atoms with E-state index in [0.717, 1.165) is 16.5 Å². The third-order valence-electron chi connectivity index (χ3n) is 4.46. The summed E-state index contributed by atoms with van der Waals surface area (Å²) in [4.78, 5) is 0.253. The van der Waals surface area contributed by atoms with Crippen LogP contribution in [0, 0.1) is 6.92 Å². The van der Waals surface area contributed by atoms with Crippen molar-refractivity contribution in [3.05, 3.63) is 96.2 Å². The largest absolute Gasteiger partial charge is 0.487 e. The molecule has 0 spiro atoms. The lowest BCUT2D eigenvalue weighted by Gasteiger charge is -2.07. The van der Waals surface area contributed by atoms with E-state index in [1.165, 1.54) is 3.97 Å². The molecule has 4 aromatic rings. The SMILES string of the molecule is Cc1ccc(S(=O)(=O)n2cc(OCc3ccccc3)c3ccccc32)cc1. The highest BCUT2D eigenvalue weighted by Gasteiger charge is 2.21. The van der Waals surface area contributed by atoms with Crippen LogP contribution < -0.4 is 4.74 Å². The average molecular weight is 377 g/mol. The van der Waals surface area contributed by atoms with Crippen molar-refractivity contribution >= 4 is 20.9 Å².